The smallest absolute Gasteiger partial charge is 0.265 e. The summed E-state index contributed by atoms with van der Waals surface area (Å²) in [5, 5.41) is 3.24. The highest BCUT2D eigenvalue weighted by Gasteiger charge is 2.20. The molecule has 2 N–H and O–H groups in total. The lowest BCUT2D eigenvalue weighted by Crippen LogP contribution is -2.14. The fraction of sp³-hybridized carbons (Fsp3) is 0.294. The maximum atomic E-state index is 12.6. The third-order valence-corrected chi connectivity index (χ3v) is 4.80. The molecule has 0 aromatic heterocycles. The highest BCUT2D eigenvalue weighted by atomic mass is 32.2. The van der Waals surface area contributed by atoms with Crippen LogP contribution in [-0.4, -0.2) is 29.2 Å². The van der Waals surface area contributed by atoms with Crippen LogP contribution in [0.3, 0.4) is 0 Å². The zero-order valence-electron chi connectivity index (χ0n) is 14.0. The van der Waals surface area contributed by atoms with Gasteiger partial charge in [0.15, 0.2) is 0 Å². The van der Waals surface area contributed by atoms with Crippen molar-refractivity contribution in [3.63, 3.8) is 0 Å². The van der Waals surface area contributed by atoms with Crippen molar-refractivity contribution in [2.24, 2.45) is 0 Å². The predicted molar refractivity (Wildman–Crippen MR) is 95.6 cm³/mol. The average Bonchev–Trinajstić information content (AvgIpc) is 2.60. The molecule has 2 aromatic carbocycles. The van der Waals surface area contributed by atoms with Crippen LogP contribution >= 0.6 is 0 Å². The minimum absolute atomic E-state index is 0.0546. The van der Waals surface area contributed by atoms with Crippen LogP contribution < -0.4 is 19.5 Å². The lowest BCUT2D eigenvalue weighted by atomic mass is 10.3. The van der Waals surface area contributed by atoms with Gasteiger partial charge in [0.05, 0.1) is 14.2 Å². The van der Waals surface area contributed by atoms with Crippen LogP contribution in [0.25, 0.3) is 0 Å². The standard InChI is InChI=1S/C17H22N2O4S/c1-4-11-18-13-5-7-14(8-6-13)19-24(20,21)17-10-9-15(22-2)12-16(17)23-3/h5-10,12,18-19H,4,11H2,1-3H3. The Morgan fingerprint density at radius 3 is 2.21 bits per heavy atom. The number of ether oxygens (including phenoxy) is 2. The molecule has 2 aromatic rings. The Morgan fingerprint density at radius 2 is 1.62 bits per heavy atom. The fourth-order valence-electron chi connectivity index (χ4n) is 2.13. The molecule has 0 unspecified atom stereocenters. The van der Waals surface area contributed by atoms with Crippen molar-refractivity contribution in [2.45, 2.75) is 18.2 Å². The minimum atomic E-state index is -3.76. The number of methoxy groups -OCH3 is 2. The predicted octanol–water partition coefficient (Wildman–Crippen LogP) is 3.33. The van der Waals surface area contributed by atoms with Crippen molar-refractivity contribution in [1.82, 2.24) is 0 Å². The van der Waals surface area contributed by atoms with Crippen LogP contribution in [0.5, 0.6) is 11.5 Å². The van der Waals surface area contributed by atoms with E-state index in [0.717, 1.165) is 18.7 Å². The molecule has 7 heteroatoms. The molecule has 0 fully saturated rings. The third kappa shape index (κ3) is 4.32. The molecule has 24 heavy (non-hydrogen) atoms. The Bertz CT molecular complexity index is 774. The fourth-order valence-corrected chi connectivity index (χ4v) is 3.34. The van der Waals surface area contributed by atoms with Gasteiger partial charge in [0, 0.05) is 24.0 Å². The molecule has 0 bridgehead atoms. The molecule has 0 atom stereocenters. The molecule has 0 saturated carbocycles. The number of benzene rings is 2. The van der Waals surface area contributed by atoms with E-state index < -0.39 is 10.0 Å². The molecule has 0 amide bonds. The zero-order valence-corrected chi connectivity index (χ0v) is 14.8. The van der Waals surface area contributed by atoms with Crippen LogP contribution in [0.4, 0.5) is 11.4 Å². The van der Waals surface area contributed by atoms with E-state index in [1.54, 1.807) is 18.2 Å². The van der Waals surface area contributed by atoms with E-state index in [-0.39, 0.29) is 10.6 Å². The summed E-state index contributed by atoms with van der Waals surface area (Å²) in [6, 6.07) is 11.7. The van der Waals surface area contributed by atoms with Gasteiger partial charge in [-0.05, 0) is 42.8 Å². The van der Waals surface area contributed by atoms with E-state index in [9.17, 15) is 8.42 Å². The zero-order chi connectivity index (χ0) is 17.6. The highest BCUT2D eigenvalue weighted by molar-refractivity contribution is 7.92. The lowest BCUT2D eigenvalue weighted by molar-refractivity contribution is 0.386. The maximum absolute atomic E-state index is 12.6. The van der Waals surface area contributed by atoms with Crippen LogP contribution in [-0.2, 0) is 10.0 Å². The second kappa shape index (κ2) is 7.92. The lowest BCUT2D eigenvalue weighted by Gasteiger charge is -2.13. The molecule has 0 aliphatic heterocycles. The SMILES string of the molecule is CCCNc1ccc(NS(=O)(=O)c2ccc(OC)cc2OC)cc1. The van der Waals surface area contributed by atoms with Crippen molar-refractivity contribution in [2.75, 3.05) is 30.8 Å². The molecule has 6 nitrogen and oxygen atoms in total. The molecule has 0 aliphatic carbocycles. The van der Waals surface area contributed by atoms with Gasteiger partial charge in [-0.25, -0.2) is 8.42 Å². The van der Waals surface area contributed by atoms with Crippen molar-refractivity contribution >= 4 is 21.4 Å². The maximum Gasteiger partial charge on any atom is 0.265 e. The van der Waals surface area contributed by atoms with Gasteiger partial charge in [-0.1, -0.05) is 6.92 Å². The molecule has 0 heterocycles. The van der Waals surface area contributed by atoms with E-state index >= 15 is 0 Å². The summed E-state index contributed by atoms with van der Waals surface area (Å²) >= 11 is 0. The summed E-state index contributed by atoms with van der Waals surface area (Å²) in [6.07, 6.45) is 1.02. The van der Waals surface area contributed by atoms with Gasteiger partial charge in [0.25, 0.3) is 10.0 Å². The van der Waals surface area contributed by atoms with E-state index in [2.05, 4.69) is 17.0 Å². The average molecular weight is 350 g/mol. The summed E-state index contributed by atoms with van der Waals surface area (Å²) < 4.78 is 38.0. The molecule has 0 radical (unpaired) electrons. The highest BCUT2D eigenvalue weighted by Crippen LogP contribution is 2.29. The largest absolute Gasteiger partial charge is 0.497 e. The number of hydrogen-bond donors (Lipinski definition) is 2. The number of sulfonamides is 1. The number of anilines is 2. The van der Waals surface area contributed by atoms with Gasteiger partial charge in [0.1, 0.15) is 16.4 Å². The van der Waals surface area contributed by atoms with Crippen LogP contribution in [0.2, 0.25) is 0 Å². The first-order chi connectivity index (χ1) is 11.5. The summed E-state index contributed by atoms with van der Waals surface area (Å²) in [5.41, 5.74) is 1.43. The first kappa shape index (κ1) is 17.9. The Labute approximate surface area is 142 Å². The van der Waals surface area contributed by atoms with E-state index in [1.165, 1.54) is 26.4 Å². The third-order valence-electron chi connectivity index (χ3n) is 3.38. The first-order valence-electron chi connectivity index (χ1n) is 7.59. The van der Waals surface area contributed by atoms with Gasteiger partial charge in [-0.2, -0.15) is 0 Å². The van der Waals surface area contributed by atoms with Gasteiger partial charge >= 0.3 is 0 Å². The van der Waals surface area contributed by atoms with E-state index in [0.29, 0.717) is 11.4 Å². The van der Waals surface area contributed by atoms with Crippen molar-refractivity contribution in [1.29, 1.82) is 0 Å². The molecule has 130 valence electrons. The van der Waals surface area contributed by atoms with Crippen molar-refractivity contribution < 1.29 is 17.9 Å². The minimum Gasteiger partial charge on any atom is -0.497 e. The molecule has 2 rings (SSSR count). The summed E-state index contributed by atoms with van der Waals surface area (Å²) in [6.45, 7) is 2.95. The first-order valence-corrected chi connectivity index (χ1v) is 9.07. The topological polar surface area (TPSA) is 76.7 Å². The van der Waals surface area contributed by atoms with E-state index in [4.69, 9.17) is 9.47 Å². The van der Waals surface area contributed by atoms with Crippen molar-refractivity contribution in [3.8, 4) is 11.5 Å². The van der Waals surface area contributed by atoms with Gasteiger partial charge in [-0.15, -0.1) is 0 Å². The number of nitrogens with one attached hydrogen (secondary N) is 2. The molecular weight excluding hydrogens is 328 g/mol. The molecule has 0 spiro atoms. The summed E-state index contributed by atoms with van der Waals surface area (Å²) in [7, 11) is -0.834. The quantitative estimate of drug-likeness (QED) is 0.764. The van der Waals surface area contributed by atoms with Gasteiger partial charge in [0.2, 0.25) is 0 Å². The van der Waals surface area contributed by atoms with Crippen molar-refractivity contribution in [3.05, 3.63) is 42.5 Å². The molecule has 0 saturated heterocycles. The Morgan fingerprint density at radius 1 is 0.958 bits per heavy atom. The Kier molecular flexibility index (Phi) is 5.92. The van der Waals surface area contributed by atoms with Crippen LogP contribution in [0.1, 0.15) is 13.3 Å². The second-order valence-corrected chi connectivity index (χ2v) is 6.78. The van der Waals surface area contributed by atoms with E-state index in [1.807, 2.05) is 12.1 Å². The van der Waals surface area contributed by atoms with Gasteiger partial charge in [-0.3, -0.25) is 4.72 Å². The summed E-state index contributed by atoms with van der Waals surface area (Å²) in [4.78, 5) is 0.0546. The van der Waals surface area contributed by atoms with Crippen LogP contribution in [0.15, 0.2) is 47.4 Å². The second-order valence-electron chi connectivity index (χ2n) is 5.13. The normalized spacial score (nSPS) is 11.0. The van der Waals surface area contributed by atoms with Crippen LogP contribution in [0, 0.1) is 0 Å². The summed E-state index contributed by atoms with van der Waals surface area (Å²) in [5.74, 6) is 0.750. The number of hydrogen-bond acceptors (Lipinski definition) is 5. The number of rotatable bonds is 8. The van der Waals surface area contributed by atoms with Gasteiger partial charge < -0.3 is 14.8 Å². The molecular formula is C17H22N2O4S. The molecule has 0 aliphatic rings. The monoisotopic (exact) mass is 350 g/mol. The Hall–Kier alpha value is -2.41. The Balaban J connectivity index is 2.22.